The topological polar surface area (TPSA) is 77.3 Å². The first-order valence-electron chi connectivity index (χ1n) is 6.22. The van der Waals surface area contributed by atoms with E-state index in [0.717, 1.165) is 17.7 Å². The standard InChI is InChI=1S/C14H14BrN3O3/c1-9-3-10(7-16-2)8-17-14(9)21-13-5-11(15)4-12(6-13)18(19)20/h3-6,8,16H,7H2,1-2H3. The molecule has 0 saturated heterocycles. The Morgan fingerprint density at radius 2 is 2.14 bits per heavy atom. The van der Waals surface area contributed by atoms with Crippen molar-refractivity contribution < 1.29 is 9.66 Å². The zero-order valence-corrected chi connectivity index (χ0v) is 13.2. The number of hydrogen-bond acceptors (Lipinski definition) is 5. The molecule has 1 heterocycles. The molecule has 0 aliphatic rings. The van der Waals surface area contributed by atoms with Gasteiger partial charge in [-0.25, -0.2) is 4.98 Å². The van der Waals surface area contributed by atoms with Gasteiger partial charge in [-0.1, -0.05) is 15.9 Å². The Bertz CT molecular complexity index is 677. The van der Waals surface area contributed by atoms with E-state index in [9.17, 15) is 10.1 Å². The molecule has 0 aliphatic carbocycles. The molecule has 0 unspecified atom stereocenters. The van der Waals surface area contributed by atoms with Gasteiger partial charge in [0.05, 0.1) is 11.0 Å². The van der Waals surface area contributed by atoms with Gasteiger partial charge < -0.3 is 10.1 Å². The number of nitro groups is 1. The number of nitrogens with one attached hydrogen (secondary N) is 1. The Balaban J connectivity index is 2.27. The van der Waals surface area contributed by atoms with Crippen LogP contribution in [0, 0.1) is 17.0 Å². The van der Waals surface area contributed by atoms with Gasteiger partial charge in [0.15, 0.2) is 0 Å². The average molecular weight is 352 g/mol. The van der Waals surface area contributed by atoms with Gasteiger partial charge in [-0.3, -0.25) is 10.1 Å². The fraction of sp³-hybridized carbons (Fsp3) is 0.214. The second-order valence-corrected chi connectivity index (χ2v) is 5.42. The van der Waals surface area contributed by atoms with Crippen LogP contribution < -0.4 is 10.1 Å². The Labute approximate surface area is 130 Å². The molecule has 0 fully saturated rings. The van der Waals surface area contributed by atoms with E-state index in [1.165, 1.54) is 12.1 Å². The van der Waals surface area contributed by atoms with Crippen LogP contribution in [0.1, 0.15) is 11.1 Å². The molecule has 0 amide bonds. The van der Waals surface area contributed by atoms with Crippen LogP contribution in [-0.2, 0) is 6.54 Å². The van der Waals surface area contributed by atoms with Crippen molar-refractivity contribution in [3.63, 3.8) is 0 Å². The number of nitro benzene ring substituents is 1. The minimum absolute atomic E-state index is 0.0381. The predicted molar refractivity (Wildman–Crippen MR) is 82.6 cm³/mol. The number of non-ortho nitro benzene ring substituents is 1. The van der Waals surface area contributed by atoms with E-state index in [1.807, 2.05) is 20.0 Å². The molecule has 1 N–H and O–H groups in total. The zero-order valence-electron chi connectivity index (χ0n) is 11.6. The van der Waals surface area contributed by atoms with Gasteiger partial charge in [-0.05, 0) is 31.7 Å². The van der Waals surface area contributed by atoms with Gasteiger partial charge in [0.2, 0.25) is 5.88 Å². The van der Waals surface area contributed by atoms with Gasteiger partial charge in [0.1, 0.15) is 5.75 Å². The maximum Gasteiger partial charge on any atom is 0.274 e. The fourth-order valence-electron chi connectivity index (χ4n) is 1.85. The van der Waals surface area contributed by atoms with Gasteiger partial charge in [-0.2, -0.15) is 0 Å². The first kappa shape index (κ1) is 15.4. The molecular weight excluding hydrogens is 338 g/mol. The number of aromatic nitrogens is 1. The van der Waals surface area contributed by atoms with Crippen molar-refractivity contribution >= 4 is 21.6 Å². The lowest BCUT2D eigenvalue weighted by Crippen LogP contribution is -2.06. The van der Waals surface area contributed by atoms with E-state index in [-0.39, 0.29) is 5.69 Å². The highest BCUT2D eigenvalue weighted by atomic mass is 79.9. The van der Waals surface area contributed by atoms with Crippen molar-refractivity contribution in [2.75, 3.05) is 7.05 Å². The SMILES string of the molecule is CNCc1cnc(Oc2cc(Br)cc([N+](=O)[O-])c2)c(C)c1. The monoisotopic (exact) mass is 351 g/mol. The third kappa shape index (κ3) is 3.99. The van der Waals surface area contributed by atoms with Gasteiger partial charge in [-0.15, -0.1) is 0 Å². The third-order valence-electron chi connectivity index (χ3n) is 2.75. The highest BCUT2D eigenvalue weighted by Crippen LogP contribution is 2.30. The molecule has 110 valence electrons. The maximum atomic E-state index is 10.8. The molecule has 1 aromatic heterocycles. The Hall–Kier alpha value is -1.99. The molecular formula is C14H14BrN3O3. The van der Waals surface area contributed by atoms with Crippen LogP contribution in [0.2, 0.25) is 0 Å². The molecule has 2 aromatic rings. The number of rotatable bonds is 5. The van der Waals surface area contributed by atoms with E-state index < -0.39 is 4.92 Å². The number of halogens is 1. The Morgan fingerprint density at radius 3 is 2.76 bits per heavy atom. The molecule has 0 radical (unpaired) electrons. The summed E-state index contributed by atoms with van der Waals surface area (Å²) in [6.07, 6.45) is 1.71. The van der Waals surface area contributed by atoms with E-state index in [0.29, 0.717) is 16.1 Å². The van der Waals surface area contributed by atoms with E-state index in [2.05, 4.69) is 26.2 Å². The molecule has 1 aromatic carbocycles. The number of hydrogen-bond donors (Lipinski definition) is 1. The Kier molecular flexibility index (Phi) is 4.87. The quantitative estimate of drug-likeness (QED) is 0.658. The molecule has 0 spiro atoms. The summed E-state index contributed by atoms with van der Waals surface area (Å²) in [7, 11) is 1.86. The summed E-state index contributed by atoms with van der Waals surface area (Å²) in [5, 5.41) is 13.9. The summed E-state index contributed by atoms with van der Waals surface area (Å²) in [6.45, 7) is 2.60. The number of ether oxygens (including phenoxy) is 1. The second-order valence-electron chi connectivity index (χ2n) is 4.50. The van der Waals surface area contributed by atoms with E-state index in [4.69, 9.17) is 4.74 Å². The van der Waals surface area contributed by atoms with Crippen LogP contribution in [0.5, 0.6) is 11.6 Å². The lowest BCUT2D eigenvalue weighted by atomic mass is 10.2. The Morgan fingerprint density at radius 1 is 1.38 bits per heavy atom. The molecule has 0 atom stereocenters. The van der Waals surface area contributed by atoms with Crippen LogP contribution in [0.4, 0.5) is 5.69 Å². The summed E-state index contributed by atoms with van der Waals surface area (Å²) in [5.41, 5.74) is 1.87. The number of benzene rings is 1. The van der Waals surface area contributed by atoms with Crippen LogP contribution >= 0.6 is 15.9 Å². The summed E-state index contributed by atoms with van der Waals surface area (Å²) in [6, 6.07) is 6.41. The van der Waals surface area contributed by atoms with Crippen molar-refractivity contribution in [1.82, 2.24) is 10.3 Å². The number of aryl methyl sites for hydroxylation is 1. The van der Waals surface area contributed by atoms with Crippen LogP contribution in [0.25, 0.3) is 0 Å². The molecule has 7 heteroatoms. The van der Waals surface area contributed by atoms with E-state index >= 15 is 0 Å². The van der Waals surface area contributed by atoms with Crippen LogP contribution in [0.15, 0.2) is 34.9 Å². The van der Waals surface area contributed by atoms with Crippen molar-refractivity contribution in [2.24, 2.45) is 0 Å². The molecule has 0 aliphatic heterocycles. The third-order valence-corrected chi connectivity index (χ3v) is 3.21. The van der Waals surface area contributed by atoms with Crippen LogP contribution in [0.3, 0.4) is 0 Å². The normalized spacial score (nSPS) is 10.4. The maximum absolute atomic E-state index is 10.8. The van der Waals surface area contributed by atoms with Crippen LogP contribution in [-0.4, -0.2) is 17.0 Å². The van der Waals surface area contributed by atoms with E-state index in [1.54, 1.807) is 12.3 Å². The first-order chi connectivity index (χ1) is 9.99. The summed E-state index contributed by atoms with van der Waals surface area (Å²) in [4.78, 5) is 14.6. The highest BCUT2D eigenvalue weighted by Gasteiger charge is 2.11. The van der Waals surface area contributed by atoms with Crippen molar-refractivity contribution in [3.05, 3.63) is 56.2 Å². The molecule has 21 heavy (non-hydrogen) atoms. The molecule has 2 rings (SSSR count). The molecule has 6 nitrogen and oxygen atoms in total. The zero-order chi connectivity index (χ0) is 15.4. The second kappa shape index (κ2) is 6.64. The van der Waals surface area contributed by atoms with Crippen molar-refractivity contribution in [2.45, 2.75) is 13.5 Å². The summed E-state index contributed by atoms with van der Waals surface area (Å²) < 4.78 is 6.23. The largest absolute Gasteiger partial charge is 0.438 e. The highest BCUT2D eigenvalue weighted by molar-refractivity contribution is 9.10. The first-order valence-corrected chi connectivity index (χ1v) is 7.02. The molecule has 0 bridgehead atoms. The van der Waals surface area contributed by atoms with Gasteiger partial charge >= 0.3 is 0 Å². The molecule has 0 saturated carbocycles. The smallest absolute Gasteiger partial charge is 0.274 e. The minimum atomic E-state index is -0.464. The van der Waals surface area contributed by atoms with Gasteiger partial charge in [0, 0.05) is 28.8 Å². The number of nitrogens with zero attached hydrogens (tertiary/aromatic N) is 2. The number of pyridine rings is 1. The van der Waals surface area contributed by atoms with Crippen molar-refractivity contribution in [3.8, 4) is 11.6 Å². The summed E-state index contributed by atoms with van der Waals surface area (Å²) >= 11 is 3.23. The lowest BCUT2D eigenvalue weighted by Gasteiger charge is -2.09. The minimum Gasteiger partial charge on any atom is -0.438 e. The van der Waals surface area contributed by atoms with Crippen molar-refractivity contribution in [1.29, 1.82) is 0 Å². The summed E-state index contributed by atoms with van der Waals surface area (Å²) in [5.74, 6) is 0.801. The predicted octanol–water partition coefficient (Wildman–Crippen LogP) is 3.57. The lowest BCUT2D eigenvalue weighted by molar-refractivity contribution is -0.385. The van der Waals surface area contributed by atoms with Gasteiger partial charge in [0.25, 0.3) is 5.69 Å². The average Bonchev–Trinajstić information content (AvgIpc) is 2.41. The fourth-order valence-corrected chi connectivity index (χ4v) is 2.31.